The van der Waals surface area contributed by atoms with Crippen LogP contribution in [-0.2, 0) is 22.4 Å². The Morgan fingerprint density at radius 3 is 2.66 bits per heavy atom. The minimum atomic E-state index is -0.776. The summed E-state index contributed by atoms with van der Waals surface area (Å²) in [5, 5.41) is 13.8. The zero-order chi connectivity index (χ0) is 24.0. The number of hydrogen-bond donors (Lipinski definition) is 2. The topological polar surface area (TPSA) is 84.3 Å². The monoisotopic (exact) mass is 479 g/mol. The van der Waals surface area contributed by atoms with E-state index in [-0.39, 0.29) is 17.9 Å². The summed E-state index contributed by atoms with van der Waals surface area (Å²) in [4.78, 5) is 21.7. The summed E-state index contributed by atoms with van der Waals surface area (Å²) < 4.78 is 6.45. The normalized spacial score (nSPS) is 36.5. The molecule has 1 aliphatic heterocycles. The SMILES string of the molecule is CC1C2C(CC13CCCCC3)C(C(=O)O)OC2C1C=CCc2c(ncnc2NC2CCCCC2)C1. The Balaban J connectivity index is 1.26. The van der Waals surface area contributed by atoms with Gasteiger partial charge in [-0.3, -0.25) is 0 Å². The smallest absolute Gasteiger partial charge is 0.333 e. The molecule has 190 valence electrons. The minimum absolute atomic E-state index is 0.0516. The summed E-state index contributed by atoms with van der Waals surface area (Å²) >= 11 is 0. The Morgan fingerprint density at radius 1 is 1.11 bits per heavy atom. The van der Waals surface area contributed by atoms with E-state index in [0.717, 1.165) is 30.8 Å². The van der Waals surface area contributed by atoms with Gasteiger partial charge in [0.15, 0.2) is 6.10 Å². The van der Waals surface area contributed by atoms with Gasteiger partial charge < -0.3 is 15.2 Å². The average molecular weight is 480 g/mol. The standard InChI is InChI=1S/C29H41N3O3/c1-18-24-22(16-29(18)13-6-3-7-14-29)26(28(33)34)35-25(24)19-9-8-12-21-23(15-19)30-17-31-27(21)32-20-10-4-2-5-11-20/h8-9,17-20,22,24-26H,2-7,10-16H2,1H3,(H,33,34)(H,30,31,32). The van der Waals surface area contributed by atoms with Crippen LogP contribution >= 0.6 is 0 Å². The molecule has 2 N–H and O–H groups in total. The molecule has 1 aromatic heterocycles. The van der Waals surface area contributed by atoms with Crippen LogP contribution in [0.3, 0.4) is 0 Å². The number of carboxylic acids is 1. The van der Waals surface area contributed by atoms with Crippen LogP contribution in [0.15, 0.2) is 18.5 Å². The van der Waals surface area contributed by atoms with E-state index in [1.165, 1.54) is 69.8 Å². The molecular weight excluding hydrogens is 438 g/mol. The molecule has 6 heteroatoms. The Kier molecular flexibility index (Phi) is 6.36. The second-order valence-corrected chi connectivity index (χ2v) is 12.1. The van der Waals surface area contributed by atoms with Gasteiger partial charge in [0.1, 0.15) is 12.1 Å². The van der Waals surface area contributed by atoms with Crippen LogP contribution < -0.4 is 5.32 Å². The zero-order valence-corrected chi connectivity index (χ0v) is 21.1. The number of aliphatic carboxylic acids is 1. The summed E-state index contributed by atoms with van der Waals surface area (Å²) in [6, 6.07) is 0.507. The number of rotatable bonds is 4. The summed E-state index contributed by atoms with van der Waals surface area (Å²) in [6.45, 7) is 2.40. The van der Waals surface area contributed by atoms with Crippen LogP contribution in [0.5, 0.6) is 0 Å². The summed E-state index contributed by atoms with van der Waals surface area (Å²) in [6.07, 6.45) is 21.0. The molecule has 6 atom stereocenters. The van der Waals surface area contributed by atoms with E-state index in [4.69, 9.17) is 9.72 Å². The van der Waals surface area contributed by atoms with Gasteiger partial charge in [-0.1, -0.05) is 57.6 Å². The van der Waals surface area contributed by atoms with Crippen LogP contribution in [-0.4, -0.2) is 39.3 Å². The van der Waals surface area contributed by atoms with Gasteiger partial charge in [-0.05, 0) is 62.2 Å². The lowest BCUT2D eigenvalue weighted by Crippen LogP contribution is -2.36. The van der Waals surface area contributed by atoms with Gasteiger partial charge in [0, 0.05) is 23.4 Å². The van der Waals surface area contributed by atoms with E-state index >= 15 is 0 Å². The quantitative estimate of drug-likeness (QED) is 0.550. The number of hydrogen-bond acceptors (Lipinski definition) is 5. The first-order chi connectivity index (χ1) is 17.1. The van der Waals surface area contributed by atoms with Crippen molar-refractivity contribution >= 4 is 11.8 Å². The predicted molar refractivity (Wildman–Crippen MR) is 135 cm³/mol. The molecule has 0 amide bonds. The zero-order valence-electron chi connectivity index (χ0n) is 21.1. The van der Waals surface area contributed by atoms with Crippen molar-refractivity contribution in [3.63, 3.8) is 0 Å². The van der Waals surface area contributed by atoms with Crippen LogP contribution in [0.1, 0.15) is 88.8 Å². The number of allylic oxidation sites excluding steroid dienone is 1. The highest BCUT2D eigenvalue weighted by Crippen LogP contribution is 2.63. The van der Waals surface area contributed by atoms with Crippen LogP contribution in [0.2, 0.25) is 0 Å². The first kappa shape index (κ1) is 23.4. The Morgan fingerprint density at radius 2 is 1.89 bits per heavy atom. The van der Waals surface area contributed by atoms with Crippen LogP contribution in [0, 0.1) is 29.1 Å². The second-order valence-electron chi connectivity index (χ2n) is 12.1. The first-order valence-electron chi connectivity index (χ1n) is 14.2. The molecule has 5 aliphatic rings. The summed E-state index contributed by atoms with van der Waals surface area (Å²) in [5.41, 5.74) is 2.63. The fourth-order valence-corrected chi connectivity index (χ4v) is 8.59. The Labute approximate surface area is 209 Å². The number of nitrogens with zero attached hydrogens (tertiary/aromatic N) is 2. The maximum absolute atomic E-state index is 12.3. The molecule has 1 saturated heterocycles. The molecule has 0 bridgehead atoms. The van der Waals surface area contributed by atoms with Crippen LogP contribution in [0.25, 0.3) is 0 Å². The van der Waals surface area contributed by atoms with Crippen molar-refractivity contribution < 1.29 is 14.6 Å². The molecule has 3 saturated carbocycles. The third kappa shape index (κ3) is 4.20. The van der Waals surface area contributed by atoms with Crippen molar-refractivity contribution in [2.45, 2.75) is 109 Å². The molecule has 6 rings (SSSR count). The van der Waals surface area contributed by atoms with Gasteiger partial charge >= 0.3 is 5.97 Å². The number of fused-ring (bicyclic) bond motifs is 2. The van der Waals surface area contributed by atoms with Crippen molar-refractivity contribution in [1.29, 1.82) is 0 Å². The van der Waals surface area contributed by atoms with E-state index in [1.807, 2.05) is 0 Å². The van der Waals surface area contributed by atoms with E-state index < -0.39 is 12.1 Å². The third-order valence-corrected chi connectivity index (χ3v) is 10.4. The largest absolute Gasteiger partial charge is 0.479 e. The van der Waals surface area contributed by atoms with E-state index in [0.29, 0.717) is 23.3 Å². The molecule has 2 heterocycles. The number of anilines is 1. The Hall–Kier alpha value is -1.95. The van der Waals surface area contributed by atoms with Crippen molar-refractivity contribution in [2.75, 3.05) is 5.32 Å². The van der Waals surface area contributed by atoms with Crippen LogP contribution in [0.4, 0.5) is 5.82 Å². The molecule has 6 unspecified atom stereocenters. The first-order valence-corrected chi connectivity index (χ1v) is 14.2. The number of carbonyl (C=O) groups is 1. The fourth-order valence-electron chi connectivity index (χ4n) is 8.59. The summed E-state index contributed by atoms with van der Waals surface area (Å²) in [5.74, 6) is 1.33. The van der Waals surface area contributed by atoms with Gasteiger partial charge in [0.2, 0.25) is 0 Å². The third-order valence-electron chi connectivity index (χ3n) is 10.4. The molecule has 1 aromatic rings. The lowest BCUT2D eigenvalue weighted by Gasteiger charge is -2.41. The second kappa shape index (κ2) is 9.49. The highest BCUT2D eigenvalue weighted by atomic mass is 16.5. The molecule has 35 heavy (non-hydrogen) atoms. The molecule has 0 radical (unpaired) electrons. The number of nitrogens with one attached hydrogen (secondary N) is 1. The van der Waals surface area contributed by atoms with Gasteiger partial charge in [0.25, 0.3) is 0 Å². The van der Waals surface area contributed by atoms with Crippen molar-refractivity contribution in [3.05, 3.63) is 29.7 Å². The number of aromatic nitrogens is 2. The maximum Gasteiger partial charge on any atom is 0.333 e. The molecule has 6 nitrogen and oxygen atoms in total. The van der Waals surface area contributed by atoms with Gasteiger partial charge in [-0.15, -0.1) is 0 Å². The van der Waals surface area contributed by atoms with Crippen molar-refractivity contribution in [1.82, 2.24) is 9.97 Å². The van der Waals surface area contributed by atoms with E-state index in [1.54, 1.807) is 6.33 Å². The van der Waals surface area contributed by atoms with Crippen molar-refractivity contribution in [2.24, 2.45) is 29.1 Å². The maximum atomic E-state index is 12.3. The molecule has 4 fully saturated rings. The molecule has 4 aliphatic carbocycles. The average Bonchev–Trinajstić information content (AvgIpc) is 3.25. The Bertz CT molecular complexity index is 966. The number of carboxylic acid groups (broad SMARTS) is 1. The lowest BCUT2D eigenvalue weighted by atomic mass is 9.66. The van der Waals surface area contributed by atoms with Gasteiger partial charge in [-0.2, -0.15) is 0 Å². The van der Waals surface area contributed by atoms with E-state index in [9.17, 15) is 9.90 Å². The lowest BCUT2D eigenvalue weighted by molar-refractivity contribution is -0.153. The van der Waals surface area contributed by atoms with Gasteiger partial charge in [0.05, 0.1) is 11.8 Å². The highest BCUT2D eigenvalue weighted by Gasteiger charge is 2.62. The highest BCUT2D eigenvalue weighted by molar-refractivity contribution is 5.73. The molecule has 1 spiro atoms. The fraction of sp³-hybridized carbons (Fsp3) is 0.759. The summed E-state index contributed by atoms with van der Waals surface area (Å²) in [7, 11) is 0. The minimum Gasteiger partial charge on any atom is -0.479 e. The number of ether oxygens (including phenoxy) is 1. The van der Waals surface area contributed by atoms with Crippen molar-refractivity contribution in [3.8, 4) is 0 Å². The van der Waals surface area contributed by atoms with E-state index in [2.05, 4.69) is 29.4 Å². The van der Waals surface area contributed by atoms with Gasteiger partial charge in [-0.25, -0.2) is 14.8 Å². The molecule has 0 aromatic carbocycles. The predicted octanol–water partition coefficient (Wildman–Crippen LogP) is 5.57. The molecular formula is C29H41N3O3.